The number of aliphatic hydroxyl groups excluding tert-OH is 2. The van der Waals surface area contributed by atoms with Gasteiger partial charge >= 0.3 is 0 Å². The molecular formula is C35H51FN2O6. The van der Waals surface area contributed by atoms with E-state index in [2.05, 4.69) is 20.8 Å². The number of benzene rings is 2. The number of aliphatic hydroxyl groups is 2. The van der Waals surface area contributed by atoms with Gasteiger partial charge in [-0.1, -0.05) is 58.9 Å². The minimum atomic E-state index is -1.28. The molecule has 0 bridgehead atoms. The van der Waals surface area contributed by atoms with Crippen LogP contribution in [0.3, 0.4) is 0 Å². The normalized spacial score (nSPS) is 24.9. The second-order valence-electron chi connectivity index (χ2n) is 13.3. The molecule has 1 saturated heterocycles. The van der Waals surface area contributed by atoms with Crippen LogP contribution in [-0.4, -0.2) is 90.1 Å². The van der Waals surface area contributed by atoms with Gasteiger partial charge in [0.05, 0.1) is 12.6 Å². The van der Waals surface area contributed by atoms with E-state index in [1.54, 1.807) is 11.0 Å². The summed E-state index contributed by atoms with van der Waals surface area (Å²) in [6, 6.07) is 13.4. The third kappa shape index (κ3) is 9.33. The Morgan fingerprint density at radius 3 is 2.30 bits per heavy atom. The van der Waals surface area contributed by atoms with Crippen molar-refractivity contribution in [1.29, 1.82) is 0 Å². The molecule has 3 rings (SSSR count). The zero-order valence-corrected chi connectivity index (χ0v) is 27.3. The minimum Gasteiger partial charge on any atom is -0.388 e. The molecule has 2 N–H and O–H groups in total. The molecule has 8 nitrogen and oxygen atoms in total. The Bertz CT molecular complexity index is 1210. The molecule has 1 heterocycles. The van der Waals surface area contributed by atoms with E-state index >= 15 is 0 Å². The molecule has 0 spiro atoms. The summed E-state index contributed by atoms with van der Waals surface area (Å²) >= 11 is 0. The zero-order valence-electron chi connectivity index (χ0n) is 27.3. The van der Waals surface area contributed by atoms with E-state index in [1.807, 2.05) is 49.1 Å². The molecular weight excluding hydrogens is 563 g/mol. The number of methoxy groups -OCH3 is 1. The number of amides is 2. The second kappa shape index (κ2) is 15.9. The molecule has 44 heavy (non-hydrogen) atoms. The van der Waals surface area contributed by atoms with E-state index in [0.29, 0.717) is 37.1 Å². The highest BCUT2D eigenvalue weighted by atomic mass is 19.1. The summed E-state index contributed by atoms with van der Waals surface area (Å²) in [6.07, 6.45) is -2.16. The van der Waals surface area contributed by atoms with Crippen LogP contribution in [0.4, 0.5) is 4.39 Å². The SMILES string of the molecule is CO[C@@H]1CN(C(C)=O)C[C@H](C(C)C)[C@@H](c2cccc(F)c2)N(C(=O)c2ccc(C(C)(C)C)cc2)CCCCOC[C@@H](O)[C@H]1O. The van der Waals surface area contributed by atoms with Crippen LogP contribution in [0.25, 0.3) is 0 Å². The van der Waals surface area contributed by atoms with Crippen LogP contribution in [0.2, 0.25) is 0 Å². The highest BCUT2D eigenvalue weighted by Gasteiger charge is 2.38. The molecule has 0 aromatic heterocycles. The first-order valence-corrected chi connectivity index (χ1v) is 15.6. The third-order valence-corrected chi connectivity index (χ3v) is 8.63. The molecule has 0 unspecified atom stereocenters. The smallest absolute Gasteiger partial charge is 0.254 e. The number of rotatable bonds is 4. The molecule has 1 fully saturated rings. The van der Waals surface area contributed by atoms with E-state index in [4.69, 9.17) is 9.47 Å². The van der Waals surface area contributed by atoms with E-state index < -0.39 is 30.2 Å². The van der Waals surface area contributed by atoms with Crippen molar-refractivity contribution < 1.29 is 33.7 Å². The van der Waals surface area contributed by atoms with Crippen molar-refractivity contribution >= 4 is 11.8 Å². The summed E-state index contributed by atoms with van der Waals surface area (Å²) in [7, 11) is 1.43. The van der Waals surface area contributed by atoms with Gasteiger partial charge < -0.3 is 29.5 Å². The molecule has 2 aromatic carbocycles. The number of hydrogen-bond acceptors (Lipinski definition) is 6. The number of carbonyl (C=O) groups is 2. The fourth-order valence-corrected chi connectivity index (χ4v) is 5.83. The predicted octanol–water partition coefficient (Wildman–Crippen LogP) is 4.97. The Morgan fingerprint density at radius 2 is 1.73 bits per heavy atom. The van der Waals surface area contributed by atoms with Gasteiger partial charge in [0.15, 0.2) is 0 Å². The Balaban J connectivity index is 2.16. The summed E-state index contributed by atoms with van der Waals surface area (Å²) in [4.78, 5) is 30.9. The van der Waals surface area contributed by atoms with Gasteiger partial charge in [-0.05, 0) is 59.6 Å². The predicted molar refractivity (Wildman–Crippen MR) is 169 cm³/mol. The molecule has 1 aliphatic heterocycles. The molecule has 1 aliphatic rings. The van der Waals surface area contributed by atoms with Gasteiger partial charge in [-0.25, -0.2) is 4.39 Å². The first kappa shape index (κ1) is 35.6. The Kier molecular flexibility index (Phi) is 12.9. The van der Waals surface area contributed by atoms with Crippen LogP contribution in [0, 0.1) is 17.7 Å². The van der Waals surface area contributed by atoms with Crippen LogP contribution in [0.1, 0.15) is 81.9 Å². The lowest BCUT2D eigenvalue weighted by Crippen LogP contribution is -2.51. The molecule has 2 aromatic rings. The number of hydrogen-bond donors (Lipinski definition) is 2. The van der Waals surface area contributed by atoms with Gasteiger partial charge in [-0.15, -0.1) is 0 Å². The van der Waals surface area contributed by atoms with Crippen molar-refractivity contribution in [3.8, 4) is 0 Å². The molecule has 0 saturated carbocycles. The van der Waals surface area contributed by atoms with Crippen LogP contribution >= 0.6 is 0 Å². The number of halogens is 1. The number of nitrogens with zero attached hydrogens (tertiary/aromatic N) is 2. The largest absolute Gasteiger partial charge is 0.388 e. The van der Waals surface area contributed by atoms with Crippen LogP contribution < -0.4 is 0 Å². The van der Waals surface area contributed by atoms with Gasteiger partial charge in [-0.3, -0.25) is 9.59 Å². The standard InChI is InChI=1S/C35H51FN2O6/c1-23(2)29-20-37(24(3)39)21-31(43-7)33(41)30(40)22-44-18-9-8-17-38(32(29)26-11-10-12-28(36)19-26)34(42)25-13-15-27(16-14-25)35(4,5)6/h10-16,19,23,29-33,40-41H,8-9,17-18,20-22H2,1-7H3/t29-,30-,31-,32-,33-/m1/s1. The topological polar surface area (TPSA) is 99.5 Å². The maximum absolute atomic E-state index is 14.8. The van der Waals surface area contributed by atoms with Crippen molar-refractivity contribution in [3.05, 3.63) is 71.0 Å². The maximum atomic E-state index is 14.8. The number of carbonyl (C=O) groups excluding carboxylic acids is 2. The first-order valence-electron chi connectivity index (χ1n) is 15.6. The third-order valence-electron chi connectivity index (χ3n) is 8.63. The highest BCUT2D eigenvalue weighted by Crippen LogP contribution is 2.37. The molecule has 0 radical (unpaired) electrons. The summed E-state index contributed by atoms with van der Waals surface area (Å²) in [5.74, 6) is -1.16. The quantitative estimate of drug-likeness (QED) is 0.505. The Morgan fingerprint density at radius 1 is 1.05 bits per heavy atom. The molecule has 2 amide bonds. The van der Waals surface area contributed by atoms with Crippen LogP contribution in [-0.2, 0) is 19.7 Å². The molecule has 5 atom stereocenters. The fraction of sp³-hybridized carbons (Fsp3) is 0.600. The Labute approximate surface area is 262 Å². The minimum absolute atomic E-state index is 0.0192. The summed E-state index contributed by atoms with van der Waals surface area (Å²) in [5.41, 5.74) is 2.21. The lowest BCUT2D eigenvalue weighted by atomic mass is 9.82. The van der Waals surface area contributed by atoms with Gasteiger partial charge in [0.1, 0.15) is 24.1 Å². The van der Waals surface area contributed by atoms with Gasteiger partial charge in [0, 0.05) is 51.8 Å². The number of ether oxygens (including phenoxy) is 2. The van der Waals surface area contributed by atoms with Gasteiger partial charge in [0.2, 0.25) is 5.91 Å². The highest BCUT2D eigenvalue weighted by molar-refractivity contribution is 5.94. The van der Waals surface area contributed by atoms with Crippen LogP contribution in [0.5, 0.6) is 0 Å². The van der Waals surface area contributed by atoms with Crippen molar-refractivity contribution in [2.75, 3.05) is 40.0 Å². The second-order valence-corrected chi connectivity index (χ2v) is 13.3. The lowest BCUT2D eigenvalue weighted by molar-refractivity contribution is -0.138. The van der Waals surface area contributed by atoms with E-state index in [1.165, 1.54) is 26.2 Å². The van der Waals surface area contributed by atoms with Crippen molar-refractivity contribution in [2.45, 2.75) is 84.2 Å². The van der Waals surface area contributed by atoms with Crippen molar-refractivity contribution in [2.24, 2.45) is 11.8 Å². The Hall–Kier alpha value is -2.85. The van der Waals surface area contributed by atoms with Crippen molar-refractivity contribution in [1.82, 2.24) is 9.80 Å². The molecule has 244 valence electrons. The lowest BCUT2D eigenvalue weighted by Gasteiger charge is -2.42. The average molecular weight is 615 g/mol. The van der Waals surface area contributed by atoms with E-state index in [0.717, 1.165) is 5.56 Å². The van der Waals surface area contributed by atoms with Gasteiger partial charge in [-0.2, -0.15) is 0 Å². The van der Waals surface area contributed by atoms with E-state index in [9.17, 15) is 24.2 Å². The van der Waals surface area contributed by atoms with Gasteiger partial charge in [0.25, 0.3) is 5.91 Å². The summed E-state index contributed by atoms with van der Waals surface area (Å²) in [5, 5.41) is 21.5. The summed E-state index contributed by atoms with van der Waals surface area (Å²) < 4.78 is 26.0. The molecule has 0 aliphatic carbocycles. The monoisotopic (exact) mass is 614 g/mol. The maximum Gasteiger partial charge on any atom is 0.254 e. The van der Waals surface area contributed by atoms with Crippen LogP contribution in [0.15, 0.2) is 48.5 Å². The average Bonchev–Trinajstić information content (AvgIpc) is 2.97. The first-order chi connectivity index (χ1) is 20.7. The fourth-order valence-electron chi connectivity index (χ4n) is 5.83. The molecule has 9 heteroatoms. The van der Waals surface area contributed by atoms with Crippen molar-refractivity contribution in [3.63, 3.8) is 0 Å². The van der Waals surface area contributed by atoms with E-state index in [-0.39, 0.29) is 48.8 Å². The summed E-state index contributed by atoms with van der Waals surface area (Å²) in [6.45, 7) is 12.7. The zero-order chi connectivity index (χ0) is 32.6.